The van der Waals surface area contributed by atoms with E-state index in [0.29, 0.717) is 19.3 Å². The number of hydrogen-bond acceptors (Lipinski definition) is 6. The third kappa shape index (κ3) is 45.7. The van der Waals surface area contributed by atoms with Crippen LogP contribution in [-0.2, 0) is 28.6 Å². The minimum atomic E-state index is -0.800. The normalized spacial score (nSPS) is 12.8. The molecule has 0 fully saturated rings. The van der Waals surface area contributed by atoms with Crippen LogP contribution in [0.3, 0.4) is 0 Å². The first-order valence-corrected chi connectivity index (χ1v) is 24.6. The summed E-state index contributed by atoms with van der Waals surface area (Å²) >= 11 is 0. The van der Waals surface area contributed by atoms with Gasteiger partial charge in [0.05, 0.1) is 0 Å². The van der Waals surface area contributed by atoms with Gasteiger partial charge in [0.15, 0.2) is 6.10 Å². The second kappa shape index (κ2) is 48.3. The lowest BCUT2D eigenvalue weighted by Gasteiger charge is -2.18. The van der Waals surface area contributed by atoms with Gasteiger partial charge in [-0.3, -0.25) is 14.4 Å². The van der Waals surface area contributed by atoms with Crippen molar-refractivity contribution >= 4 is 17.9 Å². The molecule has 6 nitrogen and oxygen atoms in total. The van der Waals surface area contributed by atoms with Crippen LogP contribution in [0.4, 0.5) is 0 Å². The topological polar surface area (TPSA) is 78.9 Å². The van der Waals surface area contributed by atoms with Gasteiger partial charge in [-0.2, -0.15) is 0 Å². The van der Waals surface area contributed by atoms with Crippen molar-refractivity contribution in [3.8, 4) is 0 Å². The van der Waals surface area contributed by atoms with Crippen LogP contribution in [0.2, 0.25) is 0 Å². The van der Waals surface area contributed by atoms with Crippen LogP contribution in [0, 0.1) is 0 Å². The van der Waals surface area contributed by atoms with Gasteiger partial charge in [-0.05, 0) is 96.3 Å². The molecule has 0 aliphatic rings. The minimum absolute atomic E-state index is 0.0977. The first kappa shape index (κ1) is 56.6. The van der Waals surface area contributed by atoms with E-state index in [-0.39, 0.29) is 37.5 Å². The molecule has 1 atom stereocenters. The quantitative estimate of drug-likeness (QED) is 0.0263. The van der Waals surface area contributed by atoms with E-state index in [1.54, 1.807) is 0 Å². The summed E-state index contributed by atoms with van der Waals surface area (Å²) in [5.41, 5.74) is 0. The van der Waals surface area contributed by atoms with E-state index in [9.17, 15) is 14.4 Å². The van der Waals surface area contributed by atoms with Crippen molar-refractivity contribution < 1.29 is 28.6 Å². The number of hydrogen-bond donors (Lipinski definition) is 0. The molecule has 0 bridgehead atoms. The molecule has 0 aliphatic carbocycles. The van der Waals surface area contributed by atoms with E-state index < -0.39 is 6.10 Å². The molecule has 0 radical (unpaired) electrons. The van der Waals surface area contributed by atoms with E-state index in [4.69, 9.17) is 14.2 Å². The van der Waals surface area contributed by atoms with Crippen LogP contribution in [0.5, 0.6) is 0 Å². The zero-order valence-electron chi connectivity index (χ0n) is 38.9. The van der Waals surface area contributed by atoms with Crippen molar-refractivity contribution in [2.75, 3.05) is 13.2 Å². The molecule has 0 aromatic carbocycles. The summed E-state index contributed by atoms with van der Waals surface area (Å²) in [7, 11) is 0. The van der Waals surface area contributed by atoms with Crippen molar-refractivity contribution in [3.05, 3.63) is 85.1 Å². The van der Waals surface area contributed by atoms with Crippen molar-refractivity contribution in [1.82, 2.24) is 0 Å². The van der Waals surface area contributed by atoms with Gasteiger partial charge in [-0.25, -0.2) is 0 Å². The van der Waals surface area contributed by atoms with E-state index in [1.165, 1.54) is 77.0 Å². The van der Waals surface area contributed by atoms with Crippen LogP contribution in [0.1, 0.15) is 220 Å². The summed E-state index contributed by atoms with van der Waals surface area (Å²) in [6.07, 6.45) is 61.4. The van der Waals surface area contributed by atoms with Gasteiger partial charge in [-0.15, -0.1) is 0 Å². The number of allylic oxidation sites excluding steroid dienone is 14. The summed E-state index contributed by atoms with van der Waals surface area (Å²) in [6, 6.07) is 0. The predicted molar refractivity (Wildman–Crippen MR) is 256 cm³/mol. The molecule has 0 aliphatic heterocycles. The Morgan fingerprint density at radius 1 is 0.350 bits per heavy atom. The summed E-state index contributed by atoms with van der Waals surface area (Å²) in [4.78, 5) is 37.8. The van der Waals surface area contributed by atoms with Crippen molar-refractivity contribution in [2.45, 2.75) is 226 Å². The Hall–Kier alpha value is -3.41. The van der Waals surface area contributed by atoms with Gasteiger partial charge in [0.25, 0.3) is 0 Å². The Morgan fingerprint density at radius 3 is 1.08 bits per heavy atom. The summed E-state index contributed by atoms with van der Waals surface area (Å²) in [6.45, 7) is 6.40. The number of carbonyl (C=O) groups is 3. The maximum atomic E-state index is 12.7. The van der Waals surface area contributed by atoms with Crippen LogP contribution in [0.15, 0.2) is 85.1 Å². The summed E-state index contributed by atoms with van der Waals surface area (Å²) < 4.78 is 16.7. The zero-order chi connectivity index (χ0) is 43.7. The standard InChI is InChI=1S/C54H90O6/c1-4-7-10-13-16-19-21-23-25-26-27-28-30-31-33-35-38-41-44-47-53(56)59-50-51(49-58-52(55)46-43-40-37-18-15-12-9-6-3)60-54(57)48-45-42-39-36-34-32-29-24-22-20-17-14-11-8-5-2/h8,11,16-17,19-20,23-25,27-29,34,36,51H,4-7,9-10,12-15,18,21-22,26,30-33,35,37-50H2,1-3H3/b11-8-,19-16-,20-17-,25-23-,28-27-,29-24-,36-34-. The van der Waals surface area contributed by atoms with Gasteiger partial charge >= 0.3 is 17.9 Å². The molecular formula is C54H90O6. The van der Waals surface area contributed by atoms with E-state index in [2.05, 4.69) is 106 Å². The first-order chi connectivity index (χ1) is 29.5. The number of rotatable bonds is 43. The zero-order valence-corrected chi connectivity index (χ0v) is 38.9. The Balaban J connectivity index is 4.40. The fraction of sp³-hybridized carbons (Fsp3) is 0.685. The van der Waals surface area contributed by atoms with Crippen LogP contribution >= 0.6 is 0 Å². The van der Waals surface area contributed by atoms with Gasteiger partial charge in [0.1, 0.15) is 13.2 Å². The Kier molecular flexibility index (Phi) is 45.5. The maximum absolute atomic E-state index is 12.7. The highest BCUT2D eigenvalue weighted by Crippen LogP contribution is 2.13. The largest absolute Gasteiger partial charge is 0.462 e. The van der Waals surface area contributed by atoms with Crippen molar-refractivity contribution in [3.63, 3.8) is 0 Å². The average Bonchev–Trinajstić information content (AvgIpc) is 3.24. The third-order valence-corrected chi connectivity index (χ3v) is 10.1. The van der Waals surface area contributed by atoms with Crippen LogP contribution < -0.4 is 0 Å². The Morgan fingerprint density at radius 2 is 0.650 bits per heavy atom. The molecular weight excluding hydrogens is 745 g/mol. The lowest BCUT2D eigenvalue weighted by atomic mass is 10.1. The molecule has 0 heterocycles. The molecule has 60 heavy (non-hydrogen) atoms. The van der Waals surface area contributed by atoms with Crippen LogP contribution in [-0.4, -0.2) is 37.2 Å². The minimum Gasteiger partial charge on any atom is -0.462 e. The molecule has 0 N–H and O–H groups in total. The molecule has 0 amide bonds. The number of esters is 3. The summed E-state index contributed by atoms with van der Waals surface area (Å²) in [5, 5.41) is 0. The molecule has 0 rings (SSSR count). The molecule has 1 unspecified atom stereocenters. The lowest BCUT2D eigenvalue weighted by molar-refractivity contribution is -0.167. The molecule has 0 aromatic heterocycles. The highest BCUT2D eigenvalue weighted by Gasteiger charge is 2.19. The summed E-state index contributed by atoms with van der Waals surface area (Å²) in [5.74, 6) is -0.961. The second-order valence-corrected chi connectivity index (χ2v) is 16.0. The fourth-order valence-electron chi connectivity index (χ4n) is 6.44. The predicted octanol–water partition coefficient (Wildman–Crippen LogP) is 16.0. The van der Waals surface area contributed by atoms with Gasteiger partial charge in [0.2, 0.25) is 0 Å². The number of carbonyl (C=O) groups excluding carboxylic acids is 3. The number of unbranched alkanes of at least 4 members (excludes halogenated alkanes) is 18. The fourth-order valence-corrected chi connectivity index (χ4v) is 6.44. The average molecular weight is 835 g/mol. The molecule has 0 saturated heterocycles. The highest BCUT2D eigenvalue weighted by atomic mass is 16.6. The molecule has 0 saturated carbocycles. The molecule has 6 heteroatoms. The molecule has 342 valence electrons. The van der Waals surface area contributed by atoms with E-state index in [1.807, 2.05) is 0 Å². The Labute approximate surface area is 369 Å². The smallest absolute Gasteiger partial charge is 0.306 e. The third-order valence-electron chi connectivity index (χ3n) is 10.1. The molecule has 0 spiro atoms. The monoisotopic (exact) mass is 835 g/mol. The van der Waals surface area contributed by atoms with Gasteiger partial charge in [-0.1, -0.05) is 189 Å². The van der Waals surface area contributed by atoms with E-state index >= 15 is 0 Å². The number of ether oxygens (including phenoxy) is 3. The van der Waals surface area contributed by atoms with Crippen molar-refractivity contribution in [2.24, 2.45) is 0 Å². The van der Waals surface area contributed by atoms with Gasteiger partial charge < -0.3 is 14.2 Å². The van der Waals surface area contributed by atoms with Crippen molar-refractivity contribution in [1.29, 1.82) is 0 Å². The molecule has 0 aromatic rings. The second-order valence-electron chi connectivity index (χ2n) is 16.0. The van der Waals surface area contributed by atoms with Crippen LogP contribution in [0.25, 0.3) is 0 Å². The maximum Gasteiger partial charge on any atom is 0.306 e. The highest BCUT2D eigenvalue weighted by molar-refractivity contribution is 5.71. The lowest BCUT2D eigenvalue weighted by Crippen LogP contribution is -2.30. The Bertz CT molecular complexity index is 1190. The van der Waals surface area contributed by atoms with E-state index in [0.717, 1.165) is 96.3 Å². The van der Waals surface area contributed by atoms with Gasteiger partial charge in [0, 0.05) is 19.3 Å². The first-order valence-electron chi connectivity index (χ1n) is 24.6. The SMILES string of the molecule is CC/C=C\C/C=C\C/C=C\C/C=C\CCCCC(=O)OC(COC(=O)CCCCCCCC/C=C\C/C=C\C/C=C\CCCCC)COC(=O)CCCCCCCCCC.